The highest BCUT2D eigenvalue weighted by molar-refractivity contribution is 4.82. The van der Waals surface area contributed by atoms with Gasteiger partial charge in [-0.05, 0) is 44.2 Å². The second kappa shape index (κ2) is 12.3. The lowest BCUT2D eigenvalue weighted by atomic mass is 9.81. The number of hydrogen-bond donors (Lipinski definition) is 0. The van der Waals surface area contributed by atoms with Gasteiger partial charge in [-0.25, -0.2) is 0 Å². The fourth-order valence-electron chi connectivity index (χ4n) is 3.97. The van der Waals surface area contributed by atoms with E-state index in [9.17, 15) is 0 Å². The third-order valence-electron chi connectivity index (χ3n) is 5.95. The fraction of sp³-hybridized carbons (Fsp3) is 1.00. The Kier molecular flexibility index (Phi) is 11.3. The predicted octanol–water partition coefficient (Wildman–Crippen LogP) is 7.20. The zero-order valence-electron chi connectivity index (χ0n) is 16.8. The van der Waals surface area contributed by atoms with Gasteiger partial charge in [-0.2, -0.15) is 0 Å². The predicted molar refractivity (Wildman–Crippen MR) is 105 cm³/mol. The highest BCUT2D eigenvalue weighted by Gasteiger charge is 2.28. The van der Waals surface area contributed by atoms with Crippen LogP contribution in [0, 0.1) is 5.41 Å². The van der Waals surface area contributed by atoms with E-state index < -0.39 is 0 Å². The van der Waals surface area contributed by atoms with Crippen LogP contribution in [0.2, 0.25) is 0 Å². The minimum Gasteiger partial charge on any atom is -0.300 e. The van der Waals surface area contributed by atoms with Gasteiger partial charge in [0, 0.05) is 6.04 Å². The van der Waals surface area contributed by atoms with Crippen molar-refractivity contribution in [3.05, 3.63) is 0 Å². The summed E-state index contributed by atoms with van der Waals surface area (Å²) in [6.45, 7) is 12.2. The molecule has 1 fully saturated rings. The van der Waals surface area contributed by atoms with Crippen LogP contribution in [0.1, 0.15) is 118 Å². The Balaban J connectivity index is 2.32. The first kappa shape index (κ1) is 21.0. The first-order chi connectivity index (χ1) is 11.1. The van der Waals surface area contributed by atoms with Crippen molar-refractivity contribution in [2.24, 2.45) is 5.41 Å². The SMILES string of the molecule is CCCCCCCC(CCCCCCC)N1CCC(C)(C)CC1. The molecule has 1 aliphatic rings. The van der Waals surface area contributed by atoms with Crippen LogP contribution in [0.25, 0.3) is 0 Å². The molecule has 1 heterocycles. The largest absolute Gasteiger partial charge is 0.300 e. The number of hydrogen-bond acceptors (Lipinski definition) is 1. The molecule has 0 radical (unpaired) electrons. The van der Waals surface area contributed by atoms with Crippen LogP contribution in [0.4, 0.5) is 0 Å². The van der Waals surface area contributed by atoms with E-state index in [4.69, 9.17) is 0 Å². The topological polar surface area (TPSA) is 3.24 Å². The van der Waals surface area contributed by atoms with Crippen LogP contribution in [0.15, 0.2) is 0 Å². The summed E-state index contributed by atoms with van der Waals surface area (Å²) < 4.78 is 0. The van der Waals surface area contributed by atoms with E-state index in [-0.39, 0.29) is 0 Å². The average molecular weight is 324 g/mol. The number of likely N-dealkylation sites (tertiary alicyclic amines) is 1. The van der Waals surface area contributed by atoms with E-state index in [1.807, 2.05) is 0 Å². The van der Waals surface area contributed by atoms with E-state index in [0.717, 1.165) is 6.04 Å². The Morgan fingerprint density at radius 3 is 1.57 bits per heavy atom. The molecular formula is C22H45N. The standard InChI is InChI=1S/C22H45N/c1-5-7-9-11-13-15-21(16-14-12-10-8-6-2)23-19-17-22(3,4)18-20-23/h21H,5-20H2,1-4H3. The minimum absolute atomic E-state index is 0.587. The lowest BCUT2D eigenvalue weighted by Crippen LogP contribution is -2.43. The van der Waals surface area contributed by atoms with Crippen LogP contribution < -0.4 is 0 Å². The number of rotatable bonds is 13. The molecule has 0 bridgehead atoms. The summed E-state index contributed by atoms with van der Waals surface area (Å²) in [7, 11) is 0. The zero-order chi connectivity index (χ0) is 17.0. The van der Waals surface area contributed by atoms with Crippen molar-refractivity contribution >= 4 is 0 Å². The third-order valence-corrected chi connectivity index (χ3v) is 5.95. The summed E-state index contributed by atoms with van der Waals surface area (Å²) in [6, 6.07) is 0.884. The van der Waals surface area contributed by atoms with Crippen molar-refractivity contribution in [3.63, 3.8) is 0 Å². The molecular weight excluding hydrogens is 278 g/mol. The highest BCUT2D eigenvalue weighted by atomic mass is 15.2. The summed E-state index contributed by atoms with van der Waals surface area (Å²) in [5.41, 5.74) is 0.587. The monoisotopic (exact) mass is 323 g/mol. The Labute approximate surface area is 147 Å². The highest BCUT2D eigenvalue weighted by Crippen LogP contribution is 2.32. The second-order valence-electron chi connectivity index (χ2n) is 8.76. The van der Waals surface area contributed by atoms with Crippen molar-refractivity contribution in [1.29, 1.82) is 0 Å². The normalized spacial score (nSPS) is 18.7. The van der Waals surface area contributed by atoms with Crippen molar-refractivity contribution in [2.75, 3.05) is 13.1 Å². The second-order valence-corrected chi connectivity index (χ2v) is 8.76. The molecule has 1 aliphatic heterocycles. The van der Waals surface area contributed by atoms with Gasteiger partial charge in [-0.15, -0.1) is 0 Å². The van der Waals surface area contributed by atoms with Gasteiger partial charge in [0.2, 0.25) is 0 Å². The van der Waals surface area contributed by atoms with Crippen LogP contribution in [-0.4, -0.2) is 24.0 Å². The number of unbranched alkanes of at least 4 members (excludes halogenated alkanes) is 8. The molecule has 0 amide bonds. The molecule has 0 N–H and O–H groups in total. The summed E-state index contributed by atoms with van der Waals surface area (Å²) in [4.78, 5) is 2.85. The van der Waals surface area contributed by atoms with Gasteiger partial charge in [0.1, 0.15) is 0 Å². The Morgan fingerprint density at radius 2 is 1.13 bits per heavy atom. The van der Waals surface area contributed by atoms with Crippen molar-refractivity contribution in [2.45, 2.75) is 124 Å². The lowest BCUT2D eigenvalue weighted by molar-refractivity contribution is 0.0831. The van der Waals surface area contributed by atoms with Gasteiger partial charge in [-0.1, -0.05) is 91.9 Å². The van der Waals surface area contributed by atoms with Crippen LogP contribution in [-0.2, 0) is 0 Å². The first-order valence-electron chi connectivity index (χ1n) is 10.8. The van der Waals surface area contributed by atoms with Crippen LogP contribution >= 0.6 is 0 Å². The maximum absolute atomic E-state index is 2.85. The molecule has 0 aromatic carbocycles. The Bertz CT molecular complexity index is 247. The summed E-state index contributed by atoms with van der Waals surface area (Å²) in [5.74, 6) is 0. The molecule has 0 saturated carbocycles. The molecule has 0 aromatic rings. The van der Waals surface area contributed by atoms with E-state index >= 15 is 0 Å². The van der Waals surface area contributed by atoms with Crippen molar-refractivity contribution < 1.29 is 0 Å². The quantitative estimate of drug-likeness (QED) is 0.324. The lowest BCUT2D eigenvalue weighted by Gasteiger charge is -2.41. The summed E-state index contributed by atoms with van der Waals surface area (Å²) >= 11 is 0. The molecule has 1 heteroatoms. The smallest absolute Gasteiger partial charge is 0.00952 e. The molecule has 1 saturated heterocycles. The van der Waals surface area contributed by atoms with E-state index in [2.05, 4.69) is 32.6 Å². The summed E-state index contributed by atoms with van der Waals surface area (Å²) in [6.07, 6.45) is 20.0. The van der Waals surface area contributed by atoms with E-state index in [0.29, 0.717) is 5.41 Å². The molecule has 0 aliphatic carbocycles. The van der Waals surface area contributed by atoms with Gasteiger partial charge in [0.05, 0.1) is 0 Å². The maximum Gasteiger partial charge on any atom is 0.00952 e. The van der Waals surface area contributed by atoms with Gasteiger partial charge >= 0.3 is 0 Å². The Morgan fingerprint density at radius 1 is 0.696 bits per heavy atom. The Hall–Kier alpha value is -0.0400. The molecule has 1 nitrogen and oxygen atoms in total. The molecule has 0 atom stereocenters. The number of piperidine rings is 1. The van der Waals surface area contributed by atoms with E-state index in [1.54, 1.807) is 0 Å². The molecule has 138 valence electrons. The molecule has 23 heavy (non-hydrogen) atoms. The third kappa shape index (κ3) is 9.75. The molecule has 0 aromatic heterocycles. The zero-order valence-corrected chi connectivity index (χ0v) is 16.8. The number of nitrogens with zero attached hydrogens (tertiary/aromatic N) is 1. The van der Waals surface area contributed by atoms with Crippen molar-refractivity contribution in [1.82, 2.24) is 4.90 Å². The van der Waals surface area contributed by atoms with Gasteiger partial charge < -0.3 is 4.90 Å². The van der Waals surface area contributed by atoms with Crippen LogP contribution in [0.3, 0.4) is 0 Å². The van der Waals surface area contributed by atoms with Gasteiger partial charge in [-0.3, -0.25) is 0 Å². The van der Waals surface area contributed by atoms with Crippen molar-refractivity contribution in [3.8, 4) is 0 Å². The average Bonchev–Trinajstić information content (AvgIpc) is 2.53. The molecule has 0 unspecified atom stereocenters. The molecule has 1 rings (SSSR count). The van der Waals surface area contributed by atoms with Crippen LogP contribution in [0.5, 0.6) is 0 Å². The summed E-state index contributed by atoms with van der Waals surface area (Å²) in [5, 5.41) is 0. The minimum atomic E-state index is 0.587. The first-order valence-corrected chi connectivity index (χ1v) is 10.8. The maximum atomic E-state index is 2.85. The molecule has 0 spiro atoms. The van der Waals surface area contributed by atoms with E-state index in [1.165, 1.54) is 103 Å². The van der Waals surface area contributed by atoms with Gasteiger partial charge in [0.15, 0.2) is 0 Å². The fourth-order valence-corrected chi connectivity index (χ4v) is 3.97. The van der Waals surface area contributed by atoms with Gasteiger partial charge in [0.25, 0.3) is 0 Å².